The molecule has 4 nitrogen and oxygen atoms in total. The summed E-state index contributed by atoms with van der Waals surface area (Å²) in [6.45, 7) is 15.8. The first-order chi connectivity index (χ1) is 7.97. The smallest absolute Gasteiger partial charge is 0.0783 e. The molecule has 0 unspecified atom stereocenters. The maximum atomic E-state index is 8.89. The highest BCUT2D eigenvalue weighted by atomic mass is 16.4. The Morgan fingerprint density at radius 1 is 0.833 bits per heavy atom. The van der Waals surface area contributed by atoms with E-state index < -0.39 is 5.97 Å². The van der Waals surface area contributed by atoms with Gasteiger partial charge in [0.2, 0.25) is 0 Å². The van der Waals surface area contributed by atoms with Crippen LogP contribution >= 0.6 is 0 Å². The summed E-state index contributed by atoms with van der Waals surface area (Å²) in [4.78, 5) is 8.89. The van der Waals surface area contributed by atoms with Gasteiger partial charge in [-0.25, -0.2) is 0 Å². The van der Waals surface area contributed by atoms with Crippen molar-refractivity contribution in [2.24, 2.45) is 0 Å². The lowest BCUT2D eigenvalue weighted by Crippen LogP contribution is -2.50. The Hall–Kier alpha value is -0.610. The standard InChI is InChI=1S/C12H28N.C2H4O2.H2O/c1-5-9-13(10-6-2,11-7-3)12-8-4;1-2(3)4;/h5-12H2,1-4H3;1H3,(H,3,4);1H2/q+1;;/p-1. The van der Waals surface area contributed by atoms with E-state index in [0.717, 1.165) is 6.92 Å². The SMILES string of the molecule is CC(=O)[O-].CCC[N+](CCC)(CCC)CCC.O. The van der Waals surface area contributed by atoms with Gasteiger partial charge in [0.25, 0.3) is 0 Å². The summed E-state index contributed by atoms with van der Waals surface area (Å²) in [6.07, 6.45) is 5.33. The molecule has 0 fully saturated rings. The van der Waals surface area contributed by atoms with E-state index in [4.69, 9.17) is 9.90 Å². The summed E-state index contributed by atoms with van der Waals surface area (Å²) in [6, 6.07) is 0. The Bertz CT molecular complexity index is 150. The molecule has 0 aromatic heterocycles. The fourth-order valence-electron chi connectivity index (χ4n) is 2.57. The number of aliphatic carboxylic acids is 1. The number of nitrogens with zero attached hydrogens (tertiary/aromatic N) is 1. The molecule has 0 saturated carbocycles. The van der Waals surface area contributed by atoms with Gasteiger partial charge in [-0.3, -0.25) is 0 Å². The van der Waals surface area contributed by atoms with Crippen molar-refractivity contribution in [3.8, 4) is 0 Å². The molecule has 0 radical (unpaired) electrons. The van der Waals surface area contributed by atoms with E-state index >= 15 is 0 Å². The predicted molar refractivity (Wildman–Crippen MR) is 75.2 cm³/mol. The van der Waals surface area contributed by atoms with Crippen molar-refractivity contribution in [3.05, 3.63) is 0 Å². The summed E-state index contributed by atoms with van der Waals surface area (Å²) < 4.78 is 1.38. The zero-order valence-electron chi connectivity index (χ0n) is 12.9. The molecule has 0 heterocycles. The molecular formula is C14H33NO3. The van der Waals surface area contributed by atoms with Gasteiger partial charge in [0.15, 0.2) is 0 Å². The van der Waals surface area contributed by atoms with E-state index in [2.05, 4.69) is 27.7 Å². The zero-order valence-corrected chi connectivity index (χ0v) is 12.9. The Morgan fingerprint density at radius 3 is 1.11 bits per heavy atom. The number of carboxylic acids is 1. The van der Waals surface area contributed by atoms with Crippen LogP contribution in [-0.4, -0.2) is 42.1 Å². The second-order valence-electron chi connectivity index (χ2n) is 4.73. The summed E-state index contributed by atoms with van der Waals surface area (Å²) in [5.41, 5.74) is 0. The molecule has 2 N–H and O–H groups in total. The topological polar surface area (TPSA) is 71.6 Å². The minimum atomic E-state index is -1.08. The number of carbonyl (C=O) groups excluding carboxylic acids is 1. The molecule has 18 heavy (non-hydrogen) atoms. The second-order valence-corrected chi connectivity index (χ2v) is 4.73. The van der Waals surface area contributed by atoms with Crippen LogP contribution in [0.1, 0.15) is 60.3 Å². The first kappa shape index (κ1) is 22.6. The molecular weight excluding hydrogens is 230 g/mol. The lowest BCUT2D eigenvalue weighted by Gasteiger charge is -2.38. The molecule has 0 rings (SSSR count). The largest absolute Gasteiger partial charge is 0.550 e. The Morgan fingerprint density at radius 2 is 1.00 bits per heavy atom. The number of hydrogen-bond donors (Lipinski definition) is 0. The molecule has 0 amide bonds. The quantitative estimate of drug-likeness (QED) is 0.621. The van der Waals surface area contributed by atoms with Crippen LogP contribution in [0.3, 0.4) is 0 Å². The van der Waals surface area contributed by atoms with Crippen LogP contribution in [0.25, 0.3) is 0 Å². The van der Waals surface area contributed by atoms with Crippen LogP contribution in [0, 0.1) is 0 Å². The normalized spacial score (nSPS) is 10.1. The van der Waals surface area contributed by atoms with Crippen molar-refractivity contribution in [2.75, 3.05) is 26.2 Å². The first-order valence-electron chi connectivity index (χ1n) is 7.00. The molecule has 112 valence electrons. The minimum Gasteiger partial charge on any atom is -0.550 e. The highest BCUT2D eigenvalue weighted by Crippen LogP contribution is 2.12. The van der Waals surface area contributed by atoms with Crippen molar-refractivity contribution >= 4 is 5.97 Å². The molecule has 0 spiro atoms. The van der Waals surface area contributed by atoms with Crippen LogP contribution in [0.5, 0.6) is 0 Å². The van der Waals surface area contributed by atoms with E-state index in [1.807, 2.05) is 0 Å². The lowest BCUT2D eigenvalue weighted by atomic mass is 10.2. The van der Waals surface area contributed by atoms with Crippen molar-refractivity contribution < 1.29 is 19.9 Å². The fraction of sp³-hybridized carbons (Fsp3) is 0.929. The predicted octanol–water partition coefficient (Wildman–Crippen LogP) is 1.37. The third-order valence-electron chi connectivity index (χ3n) is 2.79. The van der Waals surface area contributed by atoms with Gasteiger partial charge in [-0.05, 0) is 32.6 Å². The van der Waals surface area contributed by atoms with E-state index in [1.54, 1.807) is 0 Å². The Kier molecular flexibility index (Phi) is 18.1. The zero-order chi connectivity index (χ0) is 13.7. The molecule has 0 atom stereocenters. The first-order valence-corrected chi connectivity index (χ1v) is 7.00. The van der Waals surface area contributed by atoms with Gasteiger partial charge < -0.3 is 19.9 Å². The fourth-order valence-corrected chi connectivity index (χ4v) is 2.57. The molecule has 0 aromatic carbocycles. The van der Waals surface area contributed by atoms with E-state index in [0.29, 0.717) is 0 Å². The van der Waals surface area contributed by atoms with Gasteiger partial charge in [0.1, 0.15) is 0 Å². The van der Waals surface area contributed by atoms with Crippen molar-refractivity contribution in [3.63, 3.8) is 0 Å². The van der Waals surface area contributed by atoms with Gasteiger partial charge in [-0.2, -0.15) is 0 Å². The van der Waals surface area contributed by atoms with Gasteiger partial charge in [0, 0.05) is 5.97 Å². The molecule has 0 aliphatic heterocycles. The van der Waals surface area contributed by atoms with Crippen LogP contribution in [0.2, 0.25) is 0 Å². The number of quaternary nitrogens is 1. The lowest BCUT2D eigenvalue weighted by molar-refractivity contribution is -0.928. The molecule has 0 aromatic rings. The van der Waals surface area contributed by atoms with Gasteiger partial charge in [-0.1, -0.05) is 27.7 Å². The van der Waals surface area contributed by atoms with Gasteiger partial charge in [-0.15, -0.1) is 0 Å². The molecule has 0 saturated heterocycles. The molecule has 0 bridgehead atoms. The van der Waals surface area contributed by atoms with E-state index in [9.17, 15) is 0 Å². The average Bonchev–Trinajstić information content (AvgIpc) is 2.18. The number of hydrogen-bond acceptors (Lipinski definition) is 2. The maximum Gasteiger partial charge on any atom is 0.0783 e. The van der Waals surface area contributed by atoms with Crippen molar-refractivity contribution in [1.29, 1.82) is 0 Å². The van der Waals surface area contributed by atoms with E-state index in [1.165, 1.54) is 56.3 Å². The molecule has 4 heteroatoms. The van der Waals surface area contributed by atoms with E-state index in [-0.39, 0.29) is 5.48 Å². The second kappa shape index (κ2) is 14.5. The summed E-state index contributed by atoms with van der Waals surface area (Å²) in [7, 11) is 0. The minimum absolute atomic E-state index is 0. The molecule has 0 aliphatic rings. The summed E-state index contributed by atoms with van der Waals surface area (Å²) in [5.74, 6) is -1.08. The average molecular weight is 263 g/mol. The van der Waals surface area contributed by atoms with Gasteiger partial charge >= 0.3 is 0 Å². The number of carboxylic acid groups (broad SMARTS) is 1. The summed E-state index contributed by atoms with van der Waals surface area (Å²) >= 11 is 0. The summed E-state index contributed by atoms with van der Waals surface area (Å²) in [5, 5.41) is 8.89. The third-order valence-corrected chi connectivity index (χ3v) is 2.79. The van der Waals surface area contributed by atoms with Crippen LogP contribution < -0.4 is 5.11 Å². The van der Waals surface area contributed by atoms with Crippen molar-refractivity contribution in [1.82, 2.24) is 0 Å². The number of carbonyl (C=O) groups is 1. The van der Waals surface area contributed by atoms with Crippen molar-refractivity contribution in [2.45, 2.75) is 60.3 Å². The number of rotatable bonds is 8. The van der Waals surface area contributed by atoms with Gasteiger partial charge in [0.05, 0.1) is 26.2 Å². The maximum absolute atomic E-state index is 8.89. The Balaban J connectivity index is -0.000000392. The van der Waals surface area contributed by atoms with Crippen LogP contribution in [0.4, 0.5) is 0 Å². The monoisotopic (exact) mass is 263 g/mol. The Labute approximate surface area is 113 Å². The highest BCUT2D eigenvalue weighted by molar-refractivity contribution is 5.60. The van der Waals surface area contributed by atoms with Crippen LogP contribution in [0.15, 0.2) is 0 Å². The third kappa shape index (κ3) is 13.5. The highest BCUT2D eigenvalue weighted by Gasteiger charge is 2.22. The molecule has 0 aliphatic carbocycles. The van der Waals surface area contributed by atoms with Crippen LogP contribution in [-0.2, 0) is 4.79 Å².